The molecule has 1 aromatic rings. The standard InChI is InChI=1S/C12H17N3O3/c1-9-2-3-11(15(16)17)12(14-9)13-6-4-10-5-7-18-8-10/h2-3,10H,4-8H2,1H3,(H,13,14). The van der Waals surface area contributed by atoms with E-state index in [4.69, 9.17) is 4.74 Å². The van der Waals surface area contributed by atoms with Gasteiger partial charge in [0.25, 0.3) is 0 Å². The van der Waals surface area contributed by atoms with E-state index in [1.54, 1.807) is 6.07 Å². The molecule has 6 heteroatoms. The maximum absolute atomic E-state index is 10.9. The molecule has 98 valence electrons. The number of aryl methyl sites for hydroxylation is 1. The van der Waals surface area contributed by atoms with Gasteiger partial charge in [-0.15, -0.1) is 0 Å². The number of aromatic nitrogens is 1. The van der Waals surface area contributed by atoms with Crippen LogP contribution in [0.15, 0.2) is 12.1 Å². The molecule has 0 aliphatic carbocycles. The zero-order valence-corrected chi connectivity index (χ0v) is 10.4. The van der Waals surface area contributed by atoms with E-state index in [0.717, 1.165) is 31.7 Å². The van der Waals surface area contributed by atoms with Crippen molar-refractivity contribution in [3.8, 4) is 0 Å². The van der Waals surface area contributed by atoms with Crippen molar-refractivity contribution in [2.75, 3.05) is 25.1 Å². The summed E-state index contributed by atoms with van der Waals surface area (Å²) in [5, 5.41) is 13.9. The summed E-state index contributed by atoms with van der Waals surface area (Å²) in [6, 6.07) is 3.14. The fourth-order valence-electron chi connectivity index (χ4n) is 2.03. The van der Waals surface area contributed by atoms with Gasteiger partial charge >= 0.3 is 5.69 Å². The van der Waals surface area contributed by atoms with Crippen molar-refractivity contribution >= 4 is 11.5 Å². The lowest BCUT2D eigenvalue weighted by molar-refractivity contribution is -0.384. The molecule has 1 aromatic heterocycles. The molecule has 0 saturated carbocycles. The van der Waals surface area contributed by atoms with Crippen LogP contribution in [0.2, 0.25) is 0 Å². The third-order valence-corrected chi connectivity index (χ3v) is 3.08. The molecule has 1 fully saturated rings. The first-order valence-electron chi connectivity index (χ1n) is 6.10. The van der Waals surface area contributed by atoms with Crippen molar-refractivity contribution in [1.29, 1.82) is 0 Å². The third-order valence-electron chi connectivity index (χ3n) is 3.08. The molecular formula is C12H17N3O3. The van der Waals surface area contributed by atoms with Gasteiger partial charge in [-0.05, 0) is 31.7 Å². The normalized spacial score (nSPS) is 18.8. The summed E-state index contributed by atoms with van der Waals surface area (Å²) in [6.07, 6.45) is 2.03. The van der Waals surface area contributed by atoms with Crippen molar-refractivity contribution < 1.29 is 9.66 Å². The number of nitro groups is 1. The van der Waals surface area contributed by atoms with Crippen LogP contribution >= 0.6 is 0 Å². The lowest BCUT2D eigenvalue weighted by Crippen LogP contribution is -2.11. The van der Waals surface area contributed by atoms with Gasteiger partial charge in [0.05, 0.1) is 4.92 Å². The third kappa shape index (κ3) is 3.16. The van der Waals surface area contributed by atoms with Crippen LogP contribution in [0.3, 0.4) is 0 Å². The van der Waals surface area contributed by atoms with E-state index in [9.17, 15) is 10.1 Å². The Morgan fingerprint density at radius 3 is 3.11 bits per heavy atom. The van der Waals surface area contributed by atoms with Crippen molar-refractivity contribution in [3.05, 3.63) is 27.9 Å². The molecule has 2 heterocycles. The molecule has 2 rings (SSSR count). The van der Waals surface area contributed by atoms with Crippen LogP contribution in [0.5, 0.6) is 0 Å². The second-order valence-corrected chi connectivity index (χ2v) is 4.52. The Morgan fingerprint density at radius 2 is 2.44 bits per heavy atom. The average molecular weight is 251 g/mol. The van der Waals surface area contributed by atoms with Gasteiger partial charge in [-0.3, -0.25) is 10.1 Å². The van der Waals surface area contributed by atoms with Crippen LogP contribution < -0.4 is 5.32 Å². The Labute approximate surface area is 106 Å². The second kappa shape index (κ2) is 5.77. The highest BCUT2D eigenvalue weighted by Gasteiger charge is 2.17. The topological polar surface area (TPSA) is 77.3 Å². The molecule has 0 aromatic carbocycles. The molecule has 0 spiro atoms. The van der Waals surface area contributed by atoms with Crippen LogP contribution in [-0.2, 0) is 4.74 Å². The highest BCUT2D eigenvalue weighted by molar-refractivity contribution is 5.55. The molecule has 18 heavy (non-hydrogen) atoms. The van der Waals surface area contributed by atoms with Gasteiger partial charge in [0.1, 0.15) is 0 Å². The summed E-state index contributed by atoms with van der Waals surface area (Å²) in [5.41, 5.74) is 0.801. The lowest BCUT2D eigenvalue weighted by atomic mass is 10.1. The van der Waals surface area contributed by atoms with Gasteiger partial charge in [-0.1, -0.05) is 0 Å². The monoisotopic (exact) mass is 251 g/mol. The molecule has 1 atom stereocenters. The Balaban J connectivity index is 1.94. The number of rotatable bonds is 5. The van der Waals surface area contributed by atoms with Crippen LogP contribution in [0.25, 0.3) is 0 Å². The van der Waals surface area contributed by atoms with Gasteiger partial charge in [-0.25, -0.2) is 4.98 Å². The van der Waals surface area contributed by atoms with Gasteiger partial charge in [0.15, 0.2) is 0 Å². The van der Waals surface area contributed by atoms with E-state index in [-0.39, 0.29) is 5.69 Å². The number of ether oxygens (including phenoxy) is 1. The highest BCUT2D eigenvalue weighted by Crippen LogP contribution is 2.22. The maximum atomic E-state index is 10.9. The lowest BCUT2D eigenvalue weighted by Gasteiger charge is -2.09. The molecule has 1 saturated heterocycles. The summed E-state index contributed by atoms with van der Waals surface area (Å²) in [7, 11) is 0. The molecule has 0 amide bonds. The Kier molecular flexibility index (Phi) is 4.09. The summed E-state index contributed by atoms with van der Waals surface area (Å²) >= 11 is 0. The van der Waals surface area contributed by atoms with E-state index >= 15 is 0 Å². The largest absolute Gasteiger partial charge is 0.381 e. The van der Waals surface area contributed by atoms with Gasteiger partial charge in [0, 0.05) is 31.5 Å². The van der Waals surface area contributed by atoms with Gasteiger partial charge < -0.3 is 10.1 Å². The summed E-state index contributed by atoms with van der Waals surface area (Å²) in [5.74, 6) is 0.917. The zero-order chi connectivity index (χ0) is 13.0. The van der Waals surface area contributed by atoms with E-state index < -0.39 is 4.92 Å². The van der Waals surface area contributed by atoms with Crippen LogP contribution in [0.4, 0.5) is 11.5 Å². The SMILES string of the molecule is Cc1ccc([N+](=O)[O-])c(NCCC2CCOC2)n1. The minimum Gasteiger partial charge on any atom is -0.381 e. The fourth-order valence-corrected chi connectivity index (χ4v) is 2.03. The molecule has 0 bridgehead atoms. The number of nitrogens with zero attached hydrogens (tertiary/aromatic N) is 2. The summed E-state index contributed by atoms with van der Waals surface area (Å²) in [4.78, 5) is 14.6. The molecular weight excluding hydrogens is 234 g/mol. The van der Waals surface area contributed by atoms with Crippen LogP contribution in [0.1, 0.15) is 18.5 Å². The van der Waals surface area contributed by atoms with Crippen LogP contribution in [-0.4, -0.2) is 29.7 Å². The van der Waals surface area contributed by atoms with Crippen molar-refractivity contribution in [2.45, 2.75) is 19.8 Å². The van der Waals surface area contributed by atoms with E-state index in [0.29, 0.717) is 18.3 Å². The Morgan fingerprint density at radius 1 is 1.61 bits per heavy atom. The first-order valence-corrected chi connectivity index (χ1v) is 6.10. The highest BCUT2D eigenvalue weighted by atomic mass is 16.6. The van der Waals surface area contributed by atoms with Crippen molar-refractivity contribution in [3.63, 3.8) is 0 Å². The molecule has 1 aliphatic rings. The molecule has 1 N–H and O–H groups in total. The predicted octanol–water partition coefficient (Wildman–Crippen LogP) is 2.14. The molecule has 0 radical (unpaired) electrons. The fraction of sp³-hybridized carbons (Fsp3) is 0.583. The maximum Gasteiger partial charge on any atom is 0.311 e. The number of hydrogen-bond donors (Lipinski definition) is 1. The molecule has 1 aliphatic heterocycles. The van der Waals surface area contributed by atoms with Crippen LogP contribution in [0, 0.1) is 23.0 Å². The molecule has 6 nitrogen and oxygen atoms in total. The van der Waals surface area contributed by atoms with Gasteiger partial charge in [0.2, 0.25) is 5.82 Å². The quantitative estimate of drug-likeness (QED) is 0.640. The first kappa shape index (κ1) is 12.8. The minimum absolute atomic E-state index is 0.0308. The number of hydrogen-bond acceptors (Lipinski definition) is 5. The Hall–Kier alpha value is -1.69. The number of pyridine rings is 1. The average Bonchev–Trinajstić information content (AvgIpc) is 2.82. The second-order valence-electron chi connectivity index (χ2n) is 4.52. The molecule has 1 unspecified atom stereocenters. The minimum atomic E-state index is -0.409. The smallest absolute Gasteiger partial charge is 0.311 e. The summed E-state index contributed by atoms with van der Waals surface area (Å²) in [6.45, 7) is 4.13. The van der Waals surface area contributed by atoms with E-state index in [2.05, 4.69) is 10.3 Å². The number of anilines is 1. The van der Waals surface area contributed by atoms with Crippen molar-refractivity contribution in [2.24, 2.45) is 5.92 Å². The first-order chi connectivity index (χ1) is 8.66. The van der Waals surface area contributed by atoms with E-state index in [1.165, 1.54) is 6.07 Å². The zero-order valence-electron chi connectivity index (χ0n) is 10.4. The van der Waals surface area contributed by atoms with Gasteiger partial charge in [-0.2, -0.15) is 0 Å². The van der Waals surface area contributed by atoms with Crippen molar-refractivity contribution in [1.82, 2.24) is 4.98 Å². The number of nitrogens with one attached hydrogen (secondary N) is 1. The predicted molar refractivity (Wildman–Crippen MR) is 67.7 cm³/mol. The summed E-state index contributed by atoms with van der Waals surface area (Å²) < 4.78 is 5.29. The van der Waals surface area contributed by atoms with E-state index in [1.807, 2.05) is 6.92 Å². The Bertz CT molecular complexity index is 431.